The van der Waals surface area contributed by atoms with Gasteiger partial charge in [0.05, 0.1) is 0 Å². The minimum atomic E-state index is 0.810. The highest BCUT2D eigenvalue weighted by atomic mass is 14.9. The minimum Gasteiger partial charge on any atom is -0.314 e. The average Bonchev–Trinajstić information content (AvgIpc) is 2.76. The van der Waals surface area contributed by atoms with Crippen molar-refractivity contribution in [2.75, 3.05) is 6.54 Å². The van der Waals surface area contributed by atoms with E-state index in [1.54, 1.807) is 0 Å². The molecule has 1 nitrogen and oxygen atoms in total. The first kappa shape index (κ1) is 12.4. The van der Waals surface area contributed by atoms with Crippen LogP contribution in [-0.4, -0.2) is 12.6 Å². The molecule has 0 saturated heterocycles. The van der Waals surface area contributed by atoms with Gasteiger partial charge in [-0.1, -0.05) is 46.0 Å². The fourth-order valence-electron chi connectivity index (χ4n) is 3.59. The molecule has 16 heavy (non-hydrogen) atoms. The average molecular weight is 223 g/mol. The Kier molecular flexibility index (Phi) is 4.69. The lowest BCUT2D eigenvalue weighted by Crippen LogP contribution is -2.40. The Morgan fingerprint density at radius 1 is 1.00 bits per heavy atom. The van der Waals surface area contributed by atoms with Crippen molar-refractivity contribution in [3.8, 4) is 0 Å². The first-order valence-corrected chi connectivity index (χ1v) is 7.49. The molecule has 1 heteroatoms. The van der Waals surface area contributed by atoms with Crippen LogP contribution in [-0.2, 0) is 0 Å². The zero-order chi connectivity index (χ0) is 11.4. The summed E-state index contributed by atoms with van der Waals surface area (Å²) in [5.41, 5.74) is 0. The lowest BCUT2D eigenvalue weighted by molar-refractivity contribution is 0.225. The van der Waals surface area contributed by atoms with Crippen LogP contribution in [0.4, 0.5) is 0 Å². The van der Waals surface area contributed by atoms with E-state index in [2.05, 4.69) is 19.2 Å². The third-order valence-corrected chi connectivity index (χ3v) is 4.89. The van der Waals surface area contributed by atoms with Crippen molar-refractivity contribution in [2.45, 2.75) is 71.3 Å². The summed E-state index contributed by atoms with van der Waals surface area (Å²) >= 11 is 0. The maximum atomic E-state index is 3.83. The molecule has 0 aromatic heterocycles. The first-order valence-electron chi connectivity index (χ1n) is 7.49. The molecule has 0 spiro atoms. The first-order chi connectivity index (χ1) is 7.75. The zero-order valence-corrected chi connectivity index (χ0v) is 11.2. The molecule has 2 saturated carbocycles. The van der Waals surface area contributed by atoms with Gasteiger partial charge < -0.3 is 5.32 Å². The molecule has 0 radical (unpaired) electrons. The van der Waals surface area contributed by atoms with Crippen LogP contribution in [0.1, 0.15) is 65.2 Å². The number of hydrogen-bond donors (Lipinski definition) is 1. The molecular weight excluding hydrogens is 194 g/mol. The van der Waals surface area contributed by atoms with Crippen LogP contribution >= 0.6 is 0 Å². The molecule has 2 aliphatic carbocycles. The molecule has 0 aromatic rings. The molecule has 2 rings (SSSR count). The van der Waals surface area contributed by atoms with Crippen LogP contribution in [0.15, 0.2) is 0 Å². The Morgan fingerprint density at radius 3 is 2.50 bits per heavy atom. The van der Waals surface area contributed by atoms with Gasteiger partial charge in [0.2, 0.25) is 0 Å². The van der Waals surface area contributed by atoms with Crippen molar-refractivity contribution >= 4 is 0 Å². The number of nitrogens with one attached hydrogen (secondary N) is 1. The summed E-state index contributed by atoms with van der Waals surface area (Å²) < 4.78 is 0. The molecular formula is C15H29N. The van der Waals surface area contributed by atoms with Crippen LogP contribution < -0.4 is 5.32 Å². The third kappa shape index (κ3) is 3.48. The van der Waals surface area contributed by atoms with Gasteiger partial charge in [-0.25, -0.2) is 0 Å². The summed E-state index contributed by atoms with van der Waals surface area (Å²) in [7, 11) is 0. The molecule has 2 aliphatic rings. The van der Waals surface area contributed by atoms with Gasteiger partial charge in [-0.05, 0) is 43.6 Å². The Morgan fingerprint density at radius 2 is 1.75 bits per heavy atom. The van der Waals surface area contributed by atoms with Gasteiger partial charge >= 0.3 is 0 Å². The van der Waals surface area contributed by atoms with E-state index in [0.717, 1.165) is 23.8 Å². The quantitative estimate of drug-likeness (QED) is 0.760. The third-order valence-electron chi connectivity index (χ3n) is 4.89. The predicted molar refractivity (Wildman–Crippen MR) is 70.5 cm³/mol. The molecule has 94 valence electrons. The van der Waals surface area contributed by atoms with Gasteiger partial charge in [0.1, 0.15) is 0 Å². The lowest BCUT2D eigenvalue weighted by atomic mass is 9.80. The summed E-state index contributed by atoms with van der Waals surface area (Å²) in [6, 6.07) is 0.810. The van der Waals surface area contributed by atoms with Crippen LogP contribution in [0.2, 0.25) is 0 Å². The summed E-state index contributed by atoms with van der Waals surface area (Å²) in [4.78, 5) is 0. The highest BCUT2D eigenvalue weighted by Crippen LogP contribution is 2.29. The second-order valence-corrected chi connectivity index (χ2v) is 6.40. The van der Waals surface area contributed by atoms with E-state index in [1.165, 1.54) is 57.9 Å². The molecule has 3 unspecified atom stereocenters. The molecule has 0 aliphatic heterocycles. The molecule has 0 bridgehead atoms. The Hall–Kier alpha value is -0.0400. The molecule has 0 heterocycles. The Balaban J connectivity index is 1.63. The summed E-state index contributed by atoms with van der Waals surface area (Å²) in [6.45, 7) is 6.11. The second kappa shape index (κ2) is 6.05. The normalized spacial score (nSPS) is 36.8. The van der Waals surface area contributed by atoms with Gasteiger partial charge in [-0.2, -0.15) is 0 Å². The maximum Gasteiger partial charge on any atom is 0.00952 e. The second-order valence-electron chi connectivity index (χ2n) is 6.40. The summed E-state index contributed by atoms with van der Waals surface area (Å²) in [6.07, 6.45) is 11.7. The van der Waals surface area contributed by atoms with Crippen molar-refractivity contribution in [1.29, 1.82) is 0 Å². The largest absolute Gasteiger partial charge is 0.314 e. The highest BCUT2D eigenvalue weighted by molar-refractivity contribution is 4.81. The van der Waals surface area contributed by atoms with Crippen molar-refractivity contribution in [1.82, 2.24) is 5.32 Å². The van der Waals surface area contributed by atoms with E-state index in [9.17, 15) is 0 Å². The van der Waals surface area contributed by atoms with Crippen molar-refractivity contribution < 1.29 is 0 Å². The SMILES string of the molecule is CC1CCC(C)C(NCCC2CCCC2)C1. The van der Waals surface area contributed by atoms with E-state index >= 15 is 0 Å². The summed E-state index contributed by atoms with van der Waals surface area (Å²) in [5.74, 6) is 2.89. The molecule has 1 N–H and O–H groups in total. The van der Waals surface area contributed by atoms with Crippen LogP contribution in [0.3, 0.4) is 0 Å². The molecule has 0 amide bonds. The fraction of sp³-hybridized carbons (Fsp3) is 1.00. The fourth-order valence-corrected chi connectivity index (χ4v) is 3.59. The Bertz CT molecular complexity index is 196. The van der Waals surface area contributed by atoms with Gasteiger partial charge in [0.25, 0.3) is 0 Å². The van der Waals surface area contributed by atoms with E-state index in [0.29, 0.717) is 0 Å². The van der Waals surface area contributed by atoms with E-state index < -0.39 is 0 Å². The molecule has 2 fully saturated rings. The Labute approximate surface area is 101 Å². The van der Waals surface area contributed by atoms with Crippen molar-refractivity contribution in [2.24, 2.45) is 17.8 Å². The lowest BCUT2D eigenvalue weighted by Gasteiger charge is -2.33. The predicted octanol–water partition coefficient (Wildman–Crippen LogP) is 3.98. The van der Waals surface area contributed by atoms with Crippen LogP contribution in [0, 0.1) is 17.8 Å². The van der Waals surface area contributed by atoms with E-state index in [4.69, 9.17) is 0 Å². The summed E-state index contributed by atoms with van der Waals surface area (Å²) in [5, 5.41) is 3.83. The van der Waals surface area contributed by atoms with Crippen LogP contribution in [0.25, 0.3) is 0 Å². The minimum absolute atomic E-state index is 0.810. The number of rotatable bonds is 4. The van der Waals surface area contributed by atoms with Gasteiger partial charge in [0.15, 0.2) is 0 Å². The monoisotopic (exact) mass is 223 g/mol. The van der Waals surface area contributed by atoms with Crippen molar-refractivity contribution in [3.05, 3.63) is 0 Å². The smallest absolute Gasteiger partial charge is 0.00952 e. The van der Waals surface area contributed by atoms with E-state index in [-0.39, 0.29) is 0 Å². The van der Waals surface area contributed by atoms with Crippen LogP contribution in [0.5, 0.6) is 0 Å². The molecule has 0 aromatic carbocycles. The van der Waals surface area contributed by atoms with E-state index in [1.807, 2.05) is 0 Å². The standard InChI is InChI=1S/C15H29N/c1-12-7-8-13(2)15(11-12)16-10-9-14-5-3-4-6-14/h12-16H,3-11H2,1-2H3. The van der Waals surface area contributed by atoms with Gasteiger partial charge in [-0.15, -0.1) is 0 Å². The molecule has 3 atom stereocenters. The number of hydrogen-bond acceptors (Lipinski definition) is 1. The van der Waals surface area contributed by atoms with Gasteiger partial charge in [0, 0.05) is 6.04 Å². The van der Waals surface area contributed by atoms with Crippen molar-refractivity contribution in [3.63, 3.8) is 0 Å². The van der Waals surface area contributed by atoms with Gasteiger partial charge in [-0.3, -0.25) is 0 Å². The maximum absolute atomic E-state index is 3.83. The highest BCUT2D eigenvalue weighted by Gasteiger charge is 2.25. The topological polar surface area (TPSA) is 12.0 Å². The zero-order valence-electron chi connectivity index (χ0n) is 11.2.